The van der Waals surface area contributed by atoms with Crippen molar-refractivity contribution in [3.05, 3.63) is 34.3 Å². The Labute approximate surface area is 103 Å². The van der Waals surface area contributed by atoms with Crippen molar-refractivity contribution >= 4 is 11.6 Å². The predicted molar refractivity (Wildman–Crippen MR) is 69.6 cm³/mol. The molecule has 0 amide bonds. The van der Waals surface area contributed by atoms with Gasteiger partial charge in [0, 0.05) is 17.6 Å². The summed E-state index contributed by atoms with van der Waals surface area (Å²) in [5.74, 6) is 5.53. The van der Waals surface area contributed by atoms with Gasteiger partial charge in [-0.05, 0) is 44.6 Å². The molecule has 1 aromatic rings. The predicted octanol–water partition coefficient (Wildman–Crippen LogP) is 1.58. The Morgan fingerprint density at radius 1 is 1.44 bits per heavy atom. The van der Waals surface area contributed by atoms with Gasteiger partial charge in [0.25, 0.3) is 0 Å². The van der Waals surface area contributed by atoms with Crippen LogP contribution in [0.25, 0.3) is 0 Å². The lowest BCUT2D eigenvalue weighted by atomic mass is 10.0. The maximum Gasteiger partial charge on any atom is 0.0441 e. The Hall–Kier alpha value is -0.610. The lowest BCUT2D eigenvalue weighted by Gasteiger charge is -2.20. The van der Waals surface area contributed by atoms with E-state index in [9.17, 15) is 0 Å². The number of aryl methyl sites for hydroxylation is 1. The van der Waals surface area contributed by atoms with Crippen LogP contribution in [0.5, 0.6) is 0 Å². The van der Waals surface area contributed by atoms with Gasteiger partial charge in [0.05, 0.1) is 0 Å². The van der Waals surface area contributed by atoms with Crippen LogP contribution in [0.1, 0.15) is 11.1 Å². The van der Waals surface area contributed by atoms with Crippen LogP contribution >= 0.6 is 11.6 Å². The average molecular weight is 242 g/mol. The number of nitrogens with one attached hydrogen (secondary N) is 1. The first-order valence-corrected chi connectivity index (χ1v) is 5.76. The molecule has 3 N–H and O–H groups in total. The highest BCUT2D eigenvalue weighted by molar-refractivity contribution is 6.31. The first-order chi connectivity index (χ1) is 7.52. The van der Waals surface area contributed by atoms with E-state index >= 15 is 0 Å². The van der Waals surface area contributed by atoms with Crippen molar-refractivity contribution in [2.45, 2.75) is 19.4 Å². The van der Waals surface area contributed by atoms with E-state index in [0.29, 0.717) is 0 Å². The number of halogens is 1. The summed E-state index contributed by atoms with van der Waals surface area (Å²) in [4.78, 5) is 2.10. The minimum Gasteiger partial charge on any atom is -0.308 e. The van der Waals surface area contributed by atoms with E-state index in [1.807, 2.05) is 27.1 Å². The summed E-state index contributed by atoms with van der Waals surface area (Å²) in [5, 5.41) is 0.819. The molecule has 0 bridgehead atoms. The highest BCUT2D eigenvalue weighted by Gasteiger charge is 2.11. The van der Waals surface area contributed by atoms with Crippen LogP contribution < -0.4 is 11.3 Å². The molecule has 1 atom stereocenters. The monoisotopic (exact) mass is 241 g/mol. The van der Waals surface area contributed by atoms with Gasteiger partial charge >= 0.3 is 0 Å². The lowest BCUT2D eigenvalue weighted by molar-refractivity contribution is 0.338. The number of rotatable bonds is 5. The Balaban J connectivity index is 2.70. The van der Waals surface area contributed by atoms with E-state index in [0.717, 1.165) is 23.6 Å². The molecule has 1 unspecified atom stereocenters. The Kier molecular flexibility index (Phi) is 5.22. The fraction of sp³-hybridized carbons (Fsp3) is 0.500. The molecule has 90 valence electrons. The highest BCUT2D eigenvalue weighted by Crippen LogP contribution is 2.19. The minimum absolute atomic E-state index is 0.218. The number of nitrogens with zero attached hydrogens (tertiary/aromatic N) is 1. The molecule has 16 heavy (non-hydrogen) atoms. The summed E-state index contributed by atoms with van der Waals surface area (Å²) in [5.41, 5.74) is 5.14. The molecule has 0 saturated carbocycles. The van der Waals surface area contributed by atoms with E-state index in [1.54, 1.807) is 0 Å². The van der Waals surface area contributed by atoms with Crippen molar-refractivity contribution in [3.8, 4) is 0 Å². The van der Waals surface area contributed by atoms with E-state index in [2.05, 4.69) is 22.5 Å². The molecule has 1 rings (SSSR count). The number of hydrazine groups is 1. The van der Waals surface area contributed by atoms with Gasteiger partial charge < -0.3 is 4.90 Å². The van der Waals surface area contributed by atoms with Crippen LogP contribution in [0.3, 0.4) is 0 Å². The molecular formula is C12H20ClN3. The lowest BCUT2D eigenvalue weighted by Crippen LogP contribution is -2.43. The number of nitrogens with two attached hydrogens (primary N) is 1. The molecular weight excluding hydrogens is 222 g/mol. The third-order valence-electron chi connectivity index (χ3n) is 2.50. The Bertz CT molecular complexity index is 339. The number of hydrogen-bond acceptors (Lipinski definition) is 3. The van der Waals surface area contributed by atoms with E-state index in [1.165, 1.54) is 5.56 Å². The molecule has 0 fully saturated rings. The fourth-order valence-electron chi connectivity index (χ4n) is 1.70. The third kappa shape index (κ3) is 4.10. The summed E-state index contributed by atoms with van der Waals surface area (Å²) in [6.07, 6.45) is 0.841. The zero-order chi connectivity index (χ0) is 12.1. The number of hydrogen-bond donors (Lipinski definition) is 2. The quantitative estimate of drug-likeness (QED) is 0.608. The number of likely N-dealkylation sites (N-methyl/N-ethyl adjacent to an activating group) is 1. The average Bonchev–Trinajstić information content (AvgIpc) is 2.20. The summed E-state index contributed by atoms with van der Waals surface area (Å²) < 4.78 is 0. The zero-order valence-corrected chi connectivity index (χ0v) is 10.9. The summed E-state index contributed by atoms with van der Waals surface area (Å²) in [6.45, 7) is 2.93. The maximum absolute atomic E-state index is 6.18. The molecule has 0 aliphatic rings. The molecule has 0 aromatic heterocycles. The van der Waals surface area contributed by atoms with Crippen LogP contribution in [-0.2, 0) is 6.42 Å². The van der Waals surface area contributed by atoms with Crippen LogP contribution in [0.2, 0.25) is 5.02 Å². The Morgan fingerprint density at radius 3 is 2.62 bits per heavy atom. The summed E-state index contributed by atoms with van der Waals surface area (Å²) in [7, 11) is 4.06. The van der Waals surface area contributed by atoms with Crippen molar-refractivity contribution < 1.29 is 0 Å². The first-order valence-electron chi connectivity index (χ1n) is 5.39. The van der Waals surface area contributed by atoms with Crippen molar-refractivity contribution in [1.82, 2.24) is 10.3 Å². The van der Waals surface area contributed by atoms with Crippen molar-refractivity contribution in [1.29, 1.82) is 0 Å². The molecule has 0 spiro atoms. The molecule has 0 aliphatic carbocycles. The van der Waals surface area contributed by atoms with Gasteiger partial charge in [-0.25, -0.2) is 0 Å². The van der Waals surface area contributed by atoms with Gasteiger partial charge in [0.2, 0.25) is 0 Å². The fourth-order valence-corrected chi connectivity index (χ4v) is 2.01. The number of benzene rings is 1. The van der Waals surface area contributed by atoms with Crippen LogP contribution in [0, 0.1) is 6.92 Å². The standard InChI is InChI=1S/C12H20ClN3/c1-9-4-5-10(12(13)6-9)7-11(15-14)8-16(2)3/h4-6,11,15H,7-8,14H2,1-3H3. The largest absolute Gasteiger partial charge is 0.308 e. The van der Waals surface area contributed by atoms with Gasteiger partial charge in [-0.3, -0.25) is 11.3 Å². The van der Waals surface area contributed by atoms with E-state index in [-0.39, 0.29) is 6.04 Å². The van der Waals surface area contributed by atoms with Gasteiger partial charge in [-0.15, -0.1) is 0 Å². The molecule has 0 radical (unpaired) electrons. The second-order valence-corrected chi connectivity index (χ2v) is 4.83. The second-order valence-electron chi connectivity index (χ2n) is 4.42. The van der Waals surface area contributed by atoms with Gasteiger partial charge in [0.1, 0.15) is 0 Å². The normalized spacial score (nSPS) is 13.1. The van der Waals surface area contributed by atoms with Crippen molar-refractivity contribution in [3.63, 3.8) is 0 Å². The topological polar surface area (TPSA) is 41.3 Å². The zero-order valence-electron chi connectivity index (χ0n) is 10.1. The molecule has 3 nitrogen and oxygen atoms in total. The highest BCUT2D eigenvalue weighted by atomic mass is 35.5. The smallest absolute Gasteiger partial charge is 0.0441 e. The van der Waals surface area contributed by atoms with Gasteiger partial charge in [0.15, 0.2) is 0 Å². The molecule has 0 aliphatic heterocycles. The molecule has 0 heterocycles. The molecule has 4 heteroatoms. The van der Waals surface area contributed by atoms with Crippen molar-refractivity contribution in [2.24, 2.45) is 5.84 Å². The SMILES string of the molecule is Cc1ccc(CC(CN(C)C)NN)c(Cl)c1. The Morgan fingerprint density at radius 2 is 2.12 bits per heavy atom. The van der Waals surface area contributed by atoms with E-state index < -0.39 is 0 Å². The van der Waals surface area contributed by atoms with Gasteiger partial charge in [-0.1, -0.05) is 23.7 Å². The van der Waals surface area contributed by atoms with E-state index in [4.69, 9.17) is 17.4 Å². The van der Waals surface area contributed by atoms with Crippen LogP contribution in [0.15, 0.2) is 18.2 Å². The summed E-state index contributed by atoms with van der Waals surface area (Å²) in [6, 6.07) is 6.35. The van der Waals surface area contributed by atoms with Crippen LogP contribution in [0.4, 0.5) is 0 Å². The van der Waals surface area contributed by atoms with Crippen LogP contribution in [-0.4, -0.2) is 31.6 Å². The maximum atomic E-state index is 6.18. The summed E-state index contributed by atoms with van der Waals surface area (Å²) >= 11 is 6.18. The second kappa shape index (κ2) is 6.21. The minimum atomic E-state index is 0.218. The first kappa shape index (κ1) is 13.5. The van der Waals surface area contributed by atoms with Gasteiger partial charge in [-0.2, -0.15) is 0 Å². The molecule has 1 aromatic carbocycles. The van der Waals surface area contributed by atoms with Crippen molar-refractivity contribution in [2.75, 3.05) is 20.6 Å². The third-order valence-corrected chi connectivity index (χ3v) is 2.85. The molecule has 0 saturated heterocycles.